The second-order valence-corrected chi connectivity index (χ2v) is 14.6. The lowest BCUT2D eigenvalue weighted by molar-refractivity contribution is -0.163. The third-order valence-corrected chi connectivity index (χ3v) is 12.4. The largest absolute Gasteiger partial charge is 0.390 e. The molecule has 0 amide bonds. The molecule has 4 rings (SSSR count). The number of Topliss-reactive ketones (excluding diaryl/α,β-unsaturated/α-hetero) is 1. The van der Waals surface area contributed by atoms with Crippen molar-refractivity contribution >= 4 is 5.78 Å². The zero-order chi connectivity index (χ0) is 24.6. The molecule has 33 heavy (non-hydrogen) atoms. The smallest absolute Gasteiger partial charge is 0.159 e. The second kappa shape index (κ2) is 7.94. The summed E-state index contributed by atoms with van der Waals surface area (Å²) in [7, 11) is 0. The molecule has 4 aliphatic carbocycles. The maximum atomic E-state index is 14.0. The molecule has 0 aromatic heterocycles. The number of aliphatic hydroxyl groups is 1. The highest BCUT2D eigenvalue weighted by Gasteiger charge is 2.66. The highest BCUT2D eigenvalue weighted by molar-refractivity contribution is 5.99. The Kier molecular flexibility index (Phi) is 6.13. The monoisotopic (exact) mass is 456 g/mol. The predicted octanol–water partition coefficient (Wildman–Crippen LogP) is 8.13. The molecule has 4 aliphatic rings. The summed E-state index contributed by atoms with van der Waals surface area (Å²) < 4.78 is 0. The summed E-state index contributed by atoms with van der Waals surface area (Å²) in [4.78, 5) is 14.0. The van der Waals surface area contributed by atoms with Crippen molar-refractivity contribution in [3.8, 4) is 0 Å². The zero-order valence-corrected chi connectivity index (χ0v) is 23.2. The van der Waals surface area contributed by atoms with E-state index >= 15 is 0 Å². The van der Waals surface area contributed by atoms with Crippen LogP contribution in [0.5, 0.6) is 0 Å². The normalized spacial score (nSPS) is 45.6. The van der Waals surface area contributed by atoms with Gasteiger partial charge in [-0.15, -0.1) is 0 Å². The highest BCUT2D eigenvalue weighted by atomic mass is 16.3. The Morgan fingerprint density at radius 3 is 2.24 bits per heavy atom. The molecule has 0 spiro atoms. The molecule has 0 saturated heterocycles. The minimum Gasteiger partial charge on any atom is -0.390 e. The van der Waals surface area contributed by atoms with E-state index in [4.69, 9.17) is 0 Å². The number of hydrogen-bond donors (Lipinski definition) is 1. The Morgan fingerprint density at radius 2 is 1.61 bits per heavy atom. The van der Waals surface area contributed by atoms with E-state index in [2.05, 4.69) is 55.4 Å². The van der Waals surface area contributed by atoms with Crippen molar-refractivity contribution in [2.45, 2.75) is 132 Å². The molecule has 0 heterocycles. The third-order valence-electron chi connectivity index (χ3n) is 12.4. The number of fused-ring (bicyclic) bond motifs is 4. The molecular formula is C31H52O2. The Labute approximate surface area is 204 Å². The maximum Gasteiger partial charge on any atom is 0.159 e. The number of hydrogen-bond acceptors (Lipinski definition) is 2. The van der Waals surface area contributed by atoms with Gasteiger partial charge in [-0.1, -0.05) is 80.2 Å². The van der Waals surface area contributed by atoms with Gasteiger partial charge in [0.05, 0.1) is 5.60 Å². The number of carbonyl (C=O) groups excluding carboxylic acids is 1. The molecule has 1 N–H and O–H groups in total. The molecule has 0 unspecified atom stereocenters. The quantitative estimate of drug-likeness (QED) is 0.453. The van der Waals surface area contributed by atoms with Gasteiger partial charge in [0, 0.05) is 17.4 Å². The topological polar surface area (TPSA) is 37.3 Å². The highest BCUT2D eigenvalue weighted by Crippen LogP contribution is 2.72. The lowest BCUT2D eigenvalue weighted by atomic mass is 9.41. The average Bonchev–Trinajstić information content (AvgIpc) is 2.98. The van der Waals surface area contributed by atoms with E-state index < -0.39 is 5.60 Å². The number of allylic oxidation sites excluding steroid dienone is 2. The molecule has 7 atom stereocenters. The van der Waals surface area contributed by atoms with Crippen LogP contribution >= 0.6 is 0 Å². The van der Waals surface area contributed by atoms with Gasteiger partial charge in [-0.3, -0.25) is 4.79 Å². The molecule has 0 radical (unpaired) electrons. The fourth-order valence-corrected chi connectivity index (χ4v) is 9.48. The average molecular weight is 457 g/mol. The first-order chi connectivity index (χ1) is 15.1. The van der Waals surface area contributed by atoms with E-state index in [0.717, 1.165) is 37.0 Å². The van der Waals surface area contributed by atoms with Crippen LogP contribution < -0.4 is 0 Å². The first-order valence-corrected chi connectivity index (χ1v) is 14.1. The van der Waals surface area contributed by atoms with Gasteiger partial charge in [0.25, 0.3) is 0 Å². The fourth-order valence-electron chi connectivity index (χ4n) is 9.48. The summed E-state index contributed by atoms with van der Waals surface area (Å²) in [6.07, 6.45) is 11.2. The van der Waals surface area contributed by atoms with Crippen molar-refractivity contribution in [2.24, 2.45) is 45.3 Å². The van der Waals surface area contributed by atoms with Crippen LogP contribution in [0.25, 0.3) is 0 Å². The second-order valence-electron chi connectivity index (χ2n) is 14.6. The Morgan fingerprint density at radius 1 is 0.939 bits per heavy atom. The van der Waals surface area contributed by atoms with E-state index in [9.17, 15) is 9.90 Å². The lowest BCUT2D eigenvalue weighted by Crippen LogP contribution is -2.60. The summed E-state index contributed by atoms with van der Waals surface area (Å²) in [5.41, 5.74) is 2.11. The molecule has 0 aliphatic heterocycles. The minimum absolute atomic E-state index is 0.0206. The van der Waals surface area contributed by atoms with Crippen molar-refractivity contribution in [2.75, 3.05) is 0 Å². The van der Waals surface area contributed by atoms with Crippen LogP contribution in [0.2, 0.25) is 0 Å². The van der Waals surface area contributed by atoms with Crippen molar-refractivity contribution < 1.29 is 9.90 Å². The van der Waals surface area contributed by atoms with Crippen molar-refractivity contribution in [3.63, 3.8) is 0 Å². The van der Waals surface area contributed by atoms with Crippen molar-refractivity contribution in [1.82, 2.24) is 0 Å². The van der Waals surface area contributed by atoms with Crippen LogP contribution in [-0.2, 0) is 4.79 Å². The number of rotatable bonds is 5. The SMILES string of the molecule is CC(C)CCC[C@@H](C)[C@H]1CC[C@@]2(C)C3=C(CC[C@]12C)[C@@]1(C)CC[C@](C)(O)C(C)(C)[C@H]1CC3=O. The zero-order valence-electron chi connectivity index (χ0n) is 23.2. The van der Waals surface area contributed by atoms with Gasteiger partial charge in [-0.05, 0) is 85.4 Å². The van der Waals surface area contributed by atoms with Gasteiger partial charge in [0.15, 0.2) is 5.78 Å². The molecular weight excluding hydrogens is 404 g/mol. The molecule has 0 aromatic carbocycles. The van der Waals surface area contributed by atoms with Gasteiger partial charge >= 0.3 is 0 Å². The van der Waals surface area contributed by atoms with Gasteiger partial charge in [0.2, 0.25) is 0 Å². The number of carbonyl (C=O) groups is 1. The van der Waals surface area contributed by atoms with Crippen molar-refractivity contribution in [3.05, 3.63) is 11.1 Å². The molecule has 2 heteroatoms. The van der Waals surface area contributed by atoms with Crippen LogP contribution in [0.15, 0.2) is 11.1 Å². The number of ketones is 1. The Hall–Kier alpha value is -0.630. The van der Waals surface area contributed by atoms with E-state index in [1.165, 1.54) is 49.7 Å². The summed E-state index contributed by atoms with van der Waals surface area (Å²) in [6.45, 7) is 21.1. The molecule has 0 bridgehead atoms. The van der Waals surface area contributed by atoms with E-state index in [-0.39, 0.29) is 27.6 Å². The van der Waals surface area contributed by atoms with Gasteiger partial charge < -0.3 is 5.11 Å². The van der Waals surface area contributed by atoms with Gasteiger partial charge in [0.1, 0.15) is 0 Å². The van der Waals surface area contributed by atoms with Crippen LogP contribution in [0, 0.1) is 45.3 Å². The molecule has 2 nitrogen and oxygen atoms in total. The predicted molar refractivity (Wildman–Crippen MR) is 138 cm³/mol. The first kappa shape index (κ1) is 25.5. The van der Waals surface area contributed by atoms with E-state index in [1.54, 1.807) is 0 Å². The van der Waals surface area contributed by atoms with Crippen LogP contribution in [-0.4, -0.2) is 16.5 Å². The third kappa shape index (κ3) is 3.47. The fraction of sp³-hybridized carbons (Fsp3) is 0.903. The maximum absolute atomic E-state index is 14.0. The molecule has 0 aromatic rings. The van der Waals surface area contributed by atoms with Crippen LogP contribution in [0.4, 0.5) is 0 Å². The summed E-state index contributed by atoms with van der Waals surface area (Å²) in [5, 5.41) is 11.3. The van der Waals surface area contributed by atoms with E-state index in [0.29, 0.717) is 12.2 Å². The lowest BCUT2D eigenvalue weighted by Gasteiger charge is -2.63. The van der Waals surface area contributed by atoms with Gasteiger partial charge in [-0.25, -0.2) is 0 Å². The van der Waals surface area contributed by atoms with Crippen LogP contribution in [0.3, 0.4) is 0 Å². The Balaban J connectivity index is 1.69. The first-order valence-electron chi connectivity index (χ1n) is 14.1. The summed E-state index contributed by atoms with van der Waals surface area (Å²) in [6, 6.07) is 0. The van der Waals surface area contributed by atoms with Crippen molar-refractivity contribution in [1.29, 1.82) is 0 Å². The molecule has 188 valence electrons. The van der Waals surface area contributed by atoms with E-state index in [1.807, 2.05) is 6.92 Å². The molecule has 2 saturated carbocycles. The summed E-state index contributed by atoms with van der Waals surface area (Å²) in [5.74, 6) is 2.91. The minimum atomic E-state index is -0.702. The Bertz CT molecular complexity index is 832. The summed E-state index contributed by atoms with van der Waals surface area (Å²) >= 11 is 0. The van der Waals surface area contributed by atoms with Gasteiger partial charge in [-0.2, -0.15) is 0 Å². The molecule has 2 fully saturated rings. The van der Waals surface area contributed by atoms with Crippen LogP contribution in [0.1, 0.15) is 127 Å². The standard InChI is InChI=1S/C31H52O2/c1-20(2)11-10-12-21(3)22-13-16-30(8)26-23(14-15-29(22,30)7)28(6)17-18-31(9,33)27(4,5)25(28)19-24(26)32/h20-22,25,33H,10-19H2,1-9H3/t21-,22-,25-,28-,29-,30+,31+/m1/s1.